The number of rotatable bonds is 2. The number of hydrogen-bond donors (Lipinski definition) is 1. The minimum Gasteiger partial charge on any atom is -0.314 e. The minimum absolute atomic E-state index is 0.488. The topological polar surface area (TPSA) is 28.2 Å². The smallest absolute Gasteiger partial charge is 0.109 e. The molecule has 1 atom stereocenters. The maximum absolute atomic E-state index is 4.35. The van der Waals surface area contributed by atoms with Crippen molar-refractivity contribution in [3.05, 3.63) is 16.6 Å². The first-order chi connectivity index (χ1) is 6.38. The predicted octanol–water partition coefficient (Wildman–Crippen LogP) is 1.11. The van der Waals surface area contributed by atoms with E-state index < -0.39 is 0 Å². The fraction of sp³-hybridized carbons (Fsp3) is 0.667. The zero-order valence-electron chi connectivity index (χ0n) is 7.86. The van der Waals surface area contributed by atoms with Crippen molar-refractivity contribution < 1.29 is 0 Å². The number of aromatic nitrogens is 1. The van der Waals surface area contributed by atoms with Gasteiger partial charge in [0.25, 0.3) is 0 Å². The van der Waals surface area contributed by atoms with Gasteiger partial charge in [0.2, 0.25) is 0 Å². The largest absolute Gasteiger partial charge is 0.314 e. The highest BCUT2D eigenvalue weighted by Gasteiger charge is 2.19. The molecule has 2 rings (SSSR count). The number of hydrogen-bond acceptors (Lipinski definition) is 4. The summed E-state index contributed by atoms with van der Waals surface area (Å²) in [6.45, 7) is 6.73. The molecule has 1 aliphatic rings. The maximum atomic E-state index is 4.35. The van der Waals surface area contributed by atoms with Gasteiger partial charge >= 0.3 is 0 Å². The van der Waals surface area contributed by atoms with Crippen molar-refractivity contribution in [3.63, 3.8) is 0 Å². The Morgan fingerprint density at radius 1 is 1.54 bits per heavy atom. The highest BCUT2D eigenvalue weighted by atomic mass is 32.1. The Bertz CT molecular complexity index is 241. The fourth-order valence-electron chi connectivity index (χ4n) is 1.67. The van der Waals surface area contributed by atoms with Gasteiger partial charge in [0.05, 0.1) is 6.04 Å². The second kappa shape index (κ2) is 4.17. The van der Waals surface area contributed by atoms with Crippen LogP contribution in [0, 0.1) is 0 Å². The normalized spacial score (nSPS) is 21.6. The summed E-state index contributed by atoms with van der Waals surface area (Å²) in [7, 11) is 0. The van der Waals surface area contributed by atoms with Crippen LogP contribution in [0.5, 0.6) is 0 Å². The van der Waals surface area contributed by atoms with Crippen molar-refractivity contribution >= 4 is 11.3 Å². The van der Waals surface area contributed by atoms with Crippen LogP contribution in [0.15, 0.2) is 11.6 Å². The first kappa shape index (κ1) is 9.12. The third kappa shape index (κ3) is 2.07. The van der Waals surface area contributed by atoms with Crippen LogP contribution < -0.4 is 5.32 Å². The molecule has 4 heteroatoms. The van der Waals surface area contributed by atoms with Gasteiger partial charge in [0.1, 0.15) is 5.01 Å². The Kier molecular flexibility index (Phi) is 2.93. The lowest BCUT2D eigenvalue weighted by Gasteiger charge is -2.31. The van der Waals surface area contributed by atoms with Crippen LogP contribution in [-0.4, -0.2) is 36.1 Å². The van der Waals surface area contributed by atoms with Crippen molar-refractivity contribution in [2.45, 2.75) is 13.0 Å². The molecule has 3 nitrogen and oxygen atoms in total. The third-order valence-electron chi connectivity index (χ3n) is 2.51. The van der Waals surface area contributed by atoms with E-state index >= 15 is 0 Å². The summed E-state index contributed by atoms with van der Waals surface area (Å²) >= 11 is 1.75. The molecule has 72 valence electrons. The number of nitrogens with one attached hydrogen (secondary N) is 1. The number of thiazole rings is 1. The lowest BCUT2D eigenvalue weighted by Crippen LogP contribution is -2.44. The van der Waals surface area contributed by atoms with Crippen molar-refractivity contribution in [2.75, 3.05) is 26.2 Å². The van der Waals surface area contributed by atoms with E-state index in [-0.39, 0.29) is 0 Å². The van der Waals surface area contributed by atoms with Gasteiger partial charge < -0.3 is 5.32 Å². The van der Waals surface area contributed by atoms with Gasteiger partial charge in [-0.05, 0) is 6.92 Å². The zero-order valence-corrected chi connectivity index (χ0v) is 8.68. The molecular weight excluding hydrogens is 182 g/mol. The molecule has 0 aliphatic carbocycles. The van der Waals surface area contributed by atoms with Crippen LogP contribution in [0.4, 0.5) is 0 Å². The highest BCUT2D eigenvalue weighted by molar-refractivity contribution is 7.09. The molecule has 0 saturated carbocycles. The Labute approximate surface area is 82.8 Å². The number of piperazine rings is 1. The van der Waals surface area contributed by atoms with Crippen molar-refractivity contribution in [2.24, 2.45) is 0 Å². The molecule has 0 amide bonds. The molecule has 2 heterocycles. The summed E-state index contributed by atoms with van der Waals surface area (Å²) in [5, 5.41) is 6.64. The van der Waals surface area contributed by atoms with E-state index in [1.54, 1.807) is 11.3 Å². The minimum atomic E-state index is 0.488. The SMILES string of the molecule is C[C@H](c1nccs1)N1CCNCC1. The van der Waals surface area contributed by atoms with Crippen molar-refractivity contribution in [1.29, 1.82) is 0 Å². The molecule has 1 saturated heterocycles. The summed E-state index contributed by atoms with van der Waals surface area (Å²) in [6, 6.07) is 0.488. The molecule has 0 aromatic carbocycles. The van der Waals surface area contributed by atoms with Crippen LogP contribution in [-0.2, 0) is 0 Å². The molecule has 1 aromatic rings. The molecule has 13 heavy (non-hydrogen) atoms. The lowest BCUT2D eigenvalue weighted by atomic mass is 10.2. The Morgan fingerprint density at radius 3 is 2.92 bits per heavy atom. The number of nitrogens with zero attached hydrogens (tertiary/aromatic N) is 2. The van der Waals surface area contributed by atoms with E-state index in [0.29, 0.717) is 6.04 Å². The molecule has 0 spiro atoms. The first-order valence-electron chi connectivity index (χ1n) is 4.72. The van der Waals surface area contributed by atoms with E-state index in [1.807, 2.05) is 11.6 Å². The summed E-state index contributed by atoms with van der Waals surface area (Å²) < 4.78 is 0. The molecule has 1 aromatic heterocycles. The van der Waals surface area contributed by atoms with Crippen LogP contribution in [0.2, 0.25) is 0 Å². The van der Waals surface area contributed by atoms with Crippen LogP contribution in [0.25, 0.3) is 0 Å². The molecule has 1 aliphatic heterocycles. The zero-order chi connectivity index (χ0) is 9.10. The van der Waals surface area contributed by atoms with Crippen LogP contribution >= 0.6 is 11.3 Å². The summed E-state index contributed by atoms with van der Waals surface area (Å²) in [5.41, 5.74) is 0. The van der Waals surface area contributed by atoms with Crippen molar-refractivity contribution in [1.82, 2.24) is 15.2 Å². The van der Waals surface area contributed by atoms with Crippen LogP contribution in [0.1, 0.15) is 18.0 Å². The highest BCUT2D eigenvalue weighted by Crippen LogP contribution is 2.21. The average Bonchev–Trinajstić information content (AvgIpc) is 2.71. The predicted molar refractivity (Wildman–Crippen MR) is 55.0 cm³/mol. The average molecular weight is 197 g/mol. The molecule has 0 unspecified atom stereocenters. The van der Waals surface area contributed by atoms with E-state index in [1.165, 1.54) is 5.01 Å². The van der Waals surface area contributed by atoms with Gasteiger partial charge in [0.15, 0.2) is 0 Å². The van der Waals surface area contributed by atoms with E-state index in [0.717, 1.165) is 26.2 Å². The lowest BCUT2D eigenvalue weighted by molar-refractivity contribution is 0.185. The fourth-order valence-corrected chi connectivity index (χ4v) is 2.40. The molecule has 1 N–H and O–H groups in total. The van der Waals surface area contributed by atoms with E-state index in [2.05, 4.69) is 22.1 Å². The monoisotopic (exact) mass is 197 g/mol. The van der Waals surface area contributed by atoms with Gasteiger partial charge in [0, 0.05) is 37.8 Å². The van der Waals surface area contributed by atoms with E-state index in [4.69, 9.17) is 0 Å². The summed E-state index contributed by atoms with van der Waals surface area (Å²) in [5.74, 6) is 0. The van der Waals surface area contributed by atoms with Crippen molar-refractivity contribution in [3.8, 4) is 0 Å². The molecule has 0 radical (unpaired) electrons. The Morgan fingerprint density at radius 2 is 2.31 bits per heavy atom. The van der Waals surface area contributed by atoms with Crippen LogP contribution in [0.3, 0.4) is 0 Å². The Balaban J connectivity index is 1.99. The second-order valence-electron chi connectivity index (χ2n) is 3.33. The third-order valence-corrected chi connectivity index (χ3v) is 3.45. The molecular formula is C9H15N3S. The quantitative estimate of drug-likeness (QED) is 0.770. The van der Waals surface area contributed by atoms with Gasteiger partial charge in [-0.2, -0.15) is 0 Å². The van der Waals surface area contributed by atoms with Gasteiger partial charge in [-0.3, -0.25) is 4.90 Å². The second-order valence-corrected chi connectivity index (χ2v) is 4.26. The maximum Gasteiger partial charge on any atom is 0.109 e. The molecule has 1 fully saturated rings. The van der Waals surface area contributed by atoms with Gasteiger partial charge in [-0.1, -0.05) is 0 Å². The summed E-state index contributed by atoms with van der Waals surface area (Å²) in [6.07, 6.45) is 1.89. The van der Waals surface area contributed by atoms with E-state index in [9.17, 15) is 0 Å². The first-order valence-corrected chi connectivity index (χ1v) is 5.60. The molecule has 0 bridgehead atoms. The standard InChI is InChI=1S/C9H15N3S/c1-8(9-11-4-7-13-9)12-5-2-10-3-6-12/h4,7-8,10H,2-3,5-6H2,1H3/t8-/m1/s1. The summed E-state index contributed by atoms with van der Waals surface area (Å²) in [4.78, 5) is 6.83. The van der Waals surface area contributed by atoms with Gasteiger partial charge in [-0.15, -0.1) is 11.3 Å². The Hall–Kier alpha value is -0.450. The van der Waals surface area contributed by atoms with Gasteiger partial charge in [-0.25, -0.2) is 4.98 Å².